The van der Waals surface area contributed by atoms with E-state index < -0.39 is 0 Å². The van der Waals surface area contributed by atoms with Crippen LogP contribution in [0.3, 0.4) is 0 Å². The van der Waals surface area contributed by atoms with Crippen LogP contribution < -0.4 is 5.32 Å². The maximum absolute atomic E-state index is 11.9. The van der Waals surface area contributed by atoms with Gasteiger partial charge in [0.05, 0.1) is 12.7 Å². The van der Waals surface area contributed by atoms with Gasteiger partial charge in [-0.2, -0.15) is 0 Å². The molecule has 2 aromatic rings. The SMILES string of the molecule is CC(CCc1ccco1)NC(=O)Cc1ccc(Br)cc1. The van der Waals surface area contributed by atoms with Crippen LogP contribution in [0.5, 0.6) is 0 Å². The second-order valence-electron chi connectivity index (χ2n) is 4.89. The molecule has 3 nitrogen and oxygen atoms in total. The van der Waals surface area contributed by atoms with E-state index in [4.69, 9.17) is 4.42 Å². The van der Waals surface area contributed by atoms with Crippen molar-refractivity contribution in [1.82, 2.24) is 5.32 Å². The molecule has 1 heterocycles. The zero-order valence-corrected chi connectivity index (χ0v) is 13.0. The molecule has 0 aliphatic rings. The number of hydrogen-bond acceptors (Lipinski definition) is 2. The highest BCUT2D eigenvalue weighted by molar-refractivity contribution is 9.10. The Morgan fingerprint density at radius 3 is 2.70 bits per heavy atom. The van der Waals surface area contributed by atoms with E-state index in [0.29, 0.717) is 6.42 Å². The van der Waals surface area contributed by atoms with Crippen molar-refractivity contribution < 1.29 is 9.21 Å². The number of rotatable bonds is 6. The third-order valence-electron chi connectivity index (χ3n) is 3.09. The molecule has 0 spiro atoms. The van der Waals surface area contributed by atoms with Crippen LogP contribution in [0, 0.1) is 0 Å². The molecule has 0 bridgehead atoms. The van der Waals surface area contributed by atoms with E-state index in [2.05, 4.69) is 21.2 Å². The van der Waals surface area contributed by atoms with Gasteiger partial charge < -0.3 is 9.73 Å². The predicted octanol–water partition coefficient (Wildman–Crippen LogP) is 3.72. The van der Waals surface area contributed by atoms with Gasteiger partial charge >= 0.3 is 0 Å². The maximum atomic E-state index is 11.9. The Bertz CT molecular complexity index is 534. The van der Waals surface area contributed by atoms with Crippen molar-refractivity contribution in [3.8, 4) is 0 Å². The molecule has 2 rings (SSSR count). The molecule has 4 heteroatoms. The molecular weight excluding hydrogens is 318 g/mol. The average Bonchev–Trinajstić information content (AvgIpc) is 2.92. The second kappa shape index (κ2) is 7.29. The molecular formula is C16H18BrNO2. The van der Waals surface area contributed by atoms with Gasteiger partial charge in [0.2, 0.25) is 5.91 Å². The highest BCUT2D eigenvalue weighted by Crippen LogP contribution is 2.11. The maximum Gasteiger partial charge on any atom is 0.224 e. The first-order chi connectivity index (χ1) is 9.63. The van der Waals surface area contributed by atoms with Crippen LogP contribution in [0.4, 0.5) is 0 Å². The summed E-state index contributed by atoms with van der Waals surface area (Å²) in [4.78, 5) is 11.9. The number of carbonyl (C=O) groups excluding carboxylic acids is 1. The van der Waals surface area contributed by atoms with Crippen molar-refractivity contribution in [1.29, 1.82) is 0 Å². The molecule has 1 unspecified atom stereocenters. The molecule has 0 fully saturated rings. The first kappa shape index (κ1) is 14.9. The van der Waals surface area contributed by atoms with E-state index in [1.807, 2.05) is 43.3 Å². The molecule has 1 N–H and O–H groups in total. The van der Waals surface area contributed by atoms with Crippen molar-refractivity contribution in [3.05, 3.63) is 58.5 Å². The standard InChI is InChI=1S/C16H18BrNO2/c1-12(4-9-15-3-2-10-20-15)18-16(19)11-13-5-7-14(17)8-6-13/h2-3,5-8,10,12H,4,9,11H2,1H3,(H,18,19). The van der Waals surface area contributed by atoms with E-state index in [0.717, 1.165) is 28.6 Å². The first-order valence-electron chi connectivity index (χ1n) is 6.69. The molecule has 106 valence electrons. The Morgan fingerprint density at radius 1 is 1.30 bits per heavy atom. The van der Waals surface area contributed by atoms with Gasteiger partial charge in [-0.1, -0.05) is 28.1 Å². The summed E-state index contributed by atoms with van der Waals surface area (Å²) in [6.45, 7) is 2.02. The number of halogens is 1. The van der Waals surface area contributed by atoms with Crippen LogP contribution in [0.1, 0.15) is 24.7 Å². The van der Waals surface area contributed by atoms with Crippen molar-refractivity contribution in [2.24, 2.45) is 0 Å². The van der Waals surface area contributed by atoms with Crippen molar-refractivity contribution in [3.63, 3.8) is 0 Å². The number of furan rings is 1. The lowest BCUT2D eigenvalue weighted by Gasteiger charge is -2.13. The lowest BCUT2D eigenvalue weighted by molar-refractivity contribution is -0.121. The fraction of sp³-hybridized carbons (Fsp3) is 0.312. The molecule has 1 aromatic carbocycles. The summed E-state index contributed by atoms with van der Waals surface area (Å²) in [5.41, 5.74) is 1.02. The van der Waals surface area contributed by atoms with Crippen LogP contribution in [0.15, 0.2) is 51.6 Å². The number of aryl methyl sites for hydroxylation is 1. The van der Waals surface area contributed by atoms with E-state index in [-0.39, 0.29) is 11.9 Å². The normalized spacial score (nSPS) is 12.1. The Labute approximate surface area is 127 Å². The molecule has 0 aliphatic carbocycles. The fourth-order valence-corrected chi connectivity index (χ4v) is 2.26. The molecule has 1 atom stereocenters. The van der Waals surface area contributed by atoms with E-state index in [1.165, 1.54) is 0 Å². The Kier molecular flexibility index (Phi) is 5.41. The van der Waals surface area contributed by atoms with Gasteiger partial charge in [-0.3, -0.25) is 4.79 Å². The zero-order chi connectivity index (χ0) is 14.4. The molecule has 0 saturated heterocycles. The van der Waals surface area contributed by atoms with Crippen molar-refractivity contribution >= 4 is 21.8 Å². The fourth-order valence-electron chi connectivity index (χ4n) is 2.00. The number of nitrogens with one attached hydrogen (secondary N) is 1. The summed E-state index contributed by atoms with van der Waals surface area (Å²) in [5, 5.41) is 3.01. The molecule has 20 heavy (non-hydrogen) atoms. The van der Waals surface area contributed by atoms with Crippen LogP contribution in [-0.4, -0.2) is 11.9 Å². The van der Waals surface area contributed by atoms with Crippen LogP contribution >= 0.6 is 15.9 Å². The van der Waals surface area contributed by atoms with Gasteiger partial charge in [0.1, 0.15) is 5.76 Å². The monoisotopic (exact) mass is 335 g/mol. The summed E-state index contributed by atoms with van der Waals surface area (Å²) in [6, 6.07) is 11.8. The molecule has 0 aliphatic heterocycles. The van der Waals surface area contributed by atoms with Crippen LogP contribution in [0.25, 0.3) is 0 Å². The van der Waals surface area contributed by atoms with Gasteiger partial charge in [0, 0.05) is 16.9 Å². The van der Waals surface area contributed by atoms with Crippen LogP contribution in [0.2, 0.25) is 0 Å². The Balaban J connectivity index is 1.74. The van der Waals surface area contributed by atoms with Gasteiger partial charge in [0.15, 0.2) is 0 Å². The summed E-state index contributed by atoms with van der Waals surface area (Å²) in [5.74, 6) is 1.01. The molecule has 0 radical (unpaired) electrons. The Morgan fingerprint density at radius 2 is 2.05 bits per heavy atom. The lowest BCUT2D eigenvalue weighted by atomic mass is 10.1. The largest absolute Gasteiger partial charge is 0.469 e. The van der Waals surface area contributed by atoms with E-state index >= 15 is 0 Å². The van der Waals surface area contributed by atoms with Crippen molar-refractivity contribution in [2.75, 3.05) is 0 Å². The molecule has 1 amide bonds. The number of hydrogen-bond donors (Lipinski definition) is 1. The lowest BCUT2D eigenvalue weighted by Crippen LogP contribution is -2.34. The summed E-state index contributed by atoms with van der Waals surface area (Å²) >= 11 is 3.38. The number of amides is 1. The van der Waals surface area contributed by atoms with Gasteiger partial charge in [-0.25, -0.2) is 0 Å². The molecule has 0 saturated carbocycles. The Hall–Kier alpha value is -1.55. The third-order valence-corrected chi connectivity index (χ3v) is 3.62. The summed E-state index contributed by atoms with van der Waals surface area (Å²) < 4.78 is 6.30. The average molecular weight is 336 g/mol. The topological polar surface area (TPSA) is 42.2 Å². The summed E-state index contributed by atoms with van der Waals surface area (Å²) in [7, 11) is 0. The predicted molar refractivity (Wildman–Crippen MR) is 82.5 cm³/mol. The van der Waals surface area contributed by atoms with Crippen LogP contribution in [-0.2, 0) is 17.6 Å². The smallest absolute Gasteiger partial charge is 0.224 e. The van der Waals surface area contributed by atoms with E-state index in [9.17, 15) is 4.79 Å². The van der Waals surface area contributed by atoms with E-state index in [1.54, 1.807) is 6.26 Å². The number of carbonyl (C=O) groups is 1. The minimum atomic E-state index is 0.0549. The zero-order valence-electron chi connectivity index (χ0n) is 11.4. The highest BCUT2D eigenvalue weighted by Gasteiger charge is 2.09. The third kappa shape index (κ3) is 4.85. The second-order valence-corrected chi connectivity index (χ2v) is 5.81. The van der Waals surface area contributed by atoms with Crippen molar-refractivity contribution in [2.45, 2.75) is 32.2 Å². The quantitative estimate of drug-likeness (QED) is 0.874. The molecule has 1 aromatic heterocycles. The van der Waals surface area contributed by atoms with Gasteiger partial charge in [-0.05, 0) is 43.2 Å². The minimum Gasteiger partial charge on any atom is -0.469 e. The first-order valence-corrected chi connectivity index (χ1v) is 7.49. The highest BCUT2D eigenvalue weighted by atomic mass is 79.9. The minimum absolute atomic E-state index is 0.0549. The number of benzene rings is 1. The van der Waals surface area contributed by atoms with Gasteiger partial charge in [0.25, 0.3) is 0 Å². The summed E-state index contributed by atoms with van der Waals surface area (Å²) in [6.07, 6.45) is 3.80. The van der Waals surface area contributed by atoms with Gasteiger partial charge in [-0.15, -0.1) is 0 Å².